The van der Waals surface area contributed by atoms with Crippen molar-refractivity contribution in [1.82, 2.24) is 5.32 Å². The quantitative estimate of drug-likeness (QED) is 0.719. The van der Waals surface area contributed by atoms with Gasteiger partial charge in [-0.1, -0.05) is 27.7 Å². The normalized spacial score (nSPS) is 13.2. The van der Waals surface area contributed by atoms with Crippen molar-refractivity contribution in [2.75, 3.05) is 0 Å². The van der Waals surface area contributed by atoms with Crippen molar-refractivity contribution in [3.8, 4) is 0 Å². The Bertz CT molecular complexity index is 197. The van der Waals surface area contributed by atoms with E-state index in [-0.39, 0.29) is 29.6 Å². The van der Waals surface area contributed by atoms with Crippen molar-refractivity contribution < 1.29 is 9.59 Å². The Labute approximate surface area is 79.9 Å². The molecule has 0 heterocycles. The van der Waals surface area contributed by atoms with Crippen LogP contribution in [0.1, 0.15) is 34.6 Å². The molecular formula is C10H19NO2. The lowest BCUT2D eigenvalue weighted by atomic mass is 9.93. The largest absolute Gasteiger partial charge is 0.346 e. The smallest absolute Gasteiger partial charge is 0.217 e. The van der Waals surface area contributed by atoms with E-state index in [0.29, 0.717) is 0 Å². The fourth-order valence-corrected chi connectivity index (χ4v) is 1.14. The first kappa shape index (κ1) is 12.1. The molecule has 0 aromatic carbocycles. The summed E-state index contributed by atoms with van der Waals surface area (Å²) in [5.41, 5.74) is 0. The van der Waals surface area contributed by atoms with Gasteiger partial charge in [0.2, 0.25) is 5.91 Å². The first-order valence-electron chi connectivity index (χ1n) is 4.67. The number of amides is 1. The predicted octanol–water partition coefficient (Wildman–Crippen LogP) is 1.37. The lowest BCUT2D eigenvalue weighted by Gasteiger charge is -2.21. The monoisotopic (exact) mass is 185 g/mol. The molecule has 0 spiro atoms. The number of hydrogen-bond acceptors (Lipinski definition) is 2. The van der Waals surface area contributed by atoms with Crippen LogP contribution < -0.4 is 5.32 Å². The van der Waals surface area contributed by atoms with Crippen LogP contribution in [0.2, 0.25) is 0 Å². The van der Waals surface area contributed by atoms with Gasteiger partial charge in [0.1, 0.15) is 0 Å². The minimum absolute atomic E-state index is 0.0285. The zero-order chi connectivity index (χ0) is 10.6. The molecule has 3 nitrogen and oxygen atoms in total. The van der Waals surface area contributed by atoms with Gasteiger partial charge in [-0.2, -0.15) is 0 Å². The van der Waals surface area contributed by atoms with Crippen molar-refractivity contribution in [3.05, 3.63) is 0 Å². The third-order valence-electron chi connectivity index (χ3n) is 1.90. The summed E-state index contributed by atoms with van der Waals surface area (Å²) in [6.07, 6.45) is 0. The lowest BCUT2D eigenvalue weighted by Crippen LogP contribution is -2.45. The summed E-state index contributed by atoms with van der Waals surface area (Å²) in [4.78, 5) is 22.4. The highest BCUT2D eigenvalue weighted by Crippen LogP contribution is 2.08. The average molecular weight is 185 g/mol. The maximum absolute atomic E-state index is 11.6. The van der Waals surface area contributed by atoms with Crippen molar-refractivity contribution >= 4 is 11.7 Å². The van der Waals surface area contributed by atoms with Crippen molar-refractivity contribution in [2.45, 2.75) is 40.7 Å². The predicted molar refractivity (Wildman–Crippen MR) is 52.3 cm³/mol. The van der Waals surface area contributed by atoms with E-state index in [9.17, 15) is 9.59 Å². The molecule has 13 heavy (non-hydrogen) atoms. The maximum atomic E-state index is 11.6. The van der Waals surface area contributed by atoms with Gasteiger partial charge in [0.05, 0.1) is 6.04 Å². The van der Waals surface area contributed by atoms with Gasteiger partial charge >= 0.3 is 0 Å². The van der Waals surface area contributed by atoms with Gasteiger partial charge in [-0.05, 0) is 5.92 Å². The molecule has 0 rings (SSSR count). The van der Waals surface area contributed by atoms with Crippen molar-refractivity contribution in [3.63, 3.8) is 0 Å². The summed E-state index contributed by atoms with van der Waals surface area (Å²) in [5.74, 6) is 0.0796. The van der Waals surface area contributed by atoms with Crippen LogP contribution in [-0.2, 0) is 9.59 Å². The maximum Gasteiger partial charge on any atom is 0.217 e. The van der Waals surface area contributed by atoms with Crippen molar-refractivity contribution in [2.24, 2.45) is 11.8 Å². The highest BCUT2D eigenvalue weighted by Gasteiger charge is 2.24. The van der Waals surface area contributed by atoms with Crippen LogP contribution in [0.3, 0.4) is 0 Å². The first-order chi connectivity index (χ1) is 5.86. The van der Waals surface area contributed by atoms with E-state index >= 15 is 0 Å². The molecule has 0 saturated carbocycles. The van der Waals surface area contributed by atoms with E-state index in [1.165, 1.54) is 6.92 Å². The van der Waals surface area contributed by atoms with Crippen LogP contribution in [0.4, 0.5) is 0 Å². The molecule has 0 radical (unpaired) electrons. The second-order valence-electron chi connectivity index (χ2n) is 3.98. The summed E-state index contributed by atoms with van der Waals surface area (Å²) in [5, 5.41) is 2.67. The van der Waals surface area contributed by atoms with Crippen LogP contribution in [0.25, 0.3) is 0 Å². The molecule has 3 heteroatoms. The Hall–Kier alpha value is -0.860. The van der Waals surface area contributed by atoms with E-state index < -0.39 is 0 Å². The first-order valence-corrected chi connectivity index (χ1v) is 4.67. The SMILES string of the molecule is CC(=O)N[C@H](C(=O)C(C)C)C(C)C. The summed E-state index contributed by atoms with van der Waals surface area (Å²) in [7, 11) is 0. The van der Waals surface area contributed by atoms with Crippen LogP contribution in [-0.4, -0.2) is 17.7 Å². The minimum Gasteiger partial charge on any atom is -0.346 e. The third-order valence-corrected chi connectivity index (χ3v) is 1.90. The van der Waals surface area contributed by atoms with Gasteiger partial charge in [0.25, 0.3) is 0 Å². The molecule has 0 aliphatic rings. The molecule has 0 saturated heterocycles. The Morgan fingerprint density at radius 1 is 1.08 bits per heavy atom. The molecule has 0 aliphatic heterocycles. The number of carbonyl (C=O) groups is 2. The Kier molecular flexibility index (Phi) is 4.67. The van der Waals surface area contributed by atoms with Gasteiger partial charge in [-0.25, -0.2) is 0 Å². The highest BCUT2D eigenvalue weighted by atomic mass is 16.2. The Balaban J connectivity index is 4.42. The van der Waals surface area contributed by atoms with E-state index in [1.807, 2.05) is 27.7 Å². The second kappa shape index (κ2) is 5.00. The fourth-order valence-electron chi connectivity index (χ4n) is 1.14. The molecule has 0 fully saturated rings. The molecular weight excluding hydrogens is 166 g/mol. The lowest BCUT2D eigenvalue weighted by molar-refractivity contribution is -0.129. The fraction of sp³-hybridized carbons (Fsp3) is 0.800. The highest BCUT2D eigenvalue weighted by molar-refractivity contribution is 5.89. The molecule has 0 aromatic heterocycles. The topological polar surface area (TPSA) is 46.2 Å². The van der Waals surface area contributed by atoms with Gasteiger partial charge in [0, 0.05) is 12.8 Å². The Morgan fingerprint density at radius 2 is 1.54 bits per heavy atom. The van der Waals surface area contributed by atoms with Gasteiger partial charge < -0.3 is 5.32 Å². The second-order valence-corrected chi connectivity index (χ2v) is 3.98. The number of nitrogens with one attached hydrogen (secondary N) is 1. The molecule has 1 N–H and O–H groups in total. The standard InChI is InChI=1S/C10H19NO2/c1-6(2)9(11-8(5)12)10(13)7(3)4/h6-7,9H,1-5H3,(H,11,12)/t9-/m0/s1. The van der Waals surface area contributed by atoms with Gasteiger partial charge in [0.15, 0.2) is 5.78 Å². The summed E-state index contributed by atoms with van der Waals surface area (Å²) in [6.45, 7) is 8.99. The number of Topliss-reactive ketones (excluding diaryl/α,β-unsaturated/α-hetero) is 1. The number of ketones is 1. The van der Waals surface area contributed by atoms with E-state index in [1.54, 1.807) is 0 Å². The van der Waals surface area contributed by atoms with Crippen LogP contribution in [0.15, 0.2) is 0 Å². The summed E-state index contributed by atoms with van der Waals surface area (Å²) in [6, 6.07) is -0.336. The average Bonchev–Trinajstić information content (AvgIpc) is 1.97. The van der Waals surface area contributed by atoms with E-state index in [0.717, 1.165) is 0 Å². The zero-order valence-electron chi connectivity index (χ0n) is 9.05. The van der Waals surface area contributed by atoms with E-state index in [2.05, 4.69) is 5.32 Å². The molecule has 1 amide bonds. The van der Waals surface area contributed by atoms with Crippen LogP contribution >= 0.6 is 0 Å². The molecule has 0 aliphatic carbocycles. The van der Waals surface area contributed by atoms with Crippen LogP contribution in [0, 0.1) is 11.8 Å². The Morgan fingerprint density at radius 3 is 1.77 bits per heavy atom. The summed E-state index contributed by atoms with van der Waals surface area (Å²) >= 11 is 0. The van der Waals surface area contributed by atoms with E-state index in [4.69, 9.17) is 0 Å². The van der Waals surface area contributed by atoms with Gasteiger partial charge in [-0.15, -0.1) is 0 Å². The van der Waals surface area contributed by atoms with Crippen molar-refractivity contribution in [1.29, 1.82) is 0 Å². The number of rotatable bonds is 4. The number of hydrogen-bond donors (Lipinski definition) is 1. The molecule has 0 unspecified atom stereocenters. The summed E-state index contributed by atoms with van der Waals surface area (Å²) < 4.78 is 0. The van der Waals surface area contributed by atoms with Gasteiger partial charge in [-0.3, -0.25) is 9.59 Å². The molecule has 1 atom stereocenters. The molecule has 76 valence electrons. The third kappa shape index (κ3) is 4.06. The van der Waals surface area contributed by atoms with Crippen LogP contribution in [0.5, 0.6) is 0 Å². The zero-order valence-corrected chi connectivity index (χ0v) is 9.05. The number of carbonyl (C=O) groups excluding carboxylic acids is 2. The molecule has 0 aromatic rings. The minimum atomic E-state index is -0.336. The molecule has 0 bridgehead atoms.